The number of rotatable bonds is 8. The molecule has 0 fully saturated rings. The lowest BCUT2D eigenvalue weighted by Gasteiger charge is -2.17. The maximum atomic E-state index is 12.1. The van der Waals surface area contributed by atoms with Gasteiger partial charge in [-0.15, -0.1) is 0 Å². The fraction of sp³-hybridized carbons (Fsp3) is 0.500. The topological polar surface area (TPSA) is 75.5 Å². The Morgan fingerprint density at radius 1 is 1.38 bits per heavy atom. The molecule has 21 heavy (non-hydrogen) atoms. The van der Waals surface area contributed by atoms with Gasteiger partial charge in [-0.2, -0.15) is 0 Å². The van der Waals surface area contributed by atoms with Gasteiger partial charge in [0.15, 0.2) is 0 Å². The van der Waals surface area contributed by atoms with Crippen molar-refractivity contribution < 1.29 is 9.72 Å². The first-order chi connectivity index (χ1) is 9.99. The van der Waals surface area contributed by atoms with E-state index in [2.05, 4.69) is 24.1 Å². The first kappa shape index (κ1) is 17.8. The van der Waals surface area contributed by atoms with E-state index in [4.69, 9.17) is 0 Å². The molecule has 0 heterocycles. The third kappa shape index (κ3) is 5.58. The van der Waals surface area contributed by atoms with Crippen molar-refractivity contribution in [3.63, 3.8) is 0 Å². The maximum absolute atomic E-state index is 12.1. The van der Waals surface area contributed by atoms with Crippen LogP contribution in [0.4, 0.5) is 5.69 Å². The molecule has 1 amide bonds. The summed E-state index contributed by atoms with van der Waals surface area (Å²) in [6, 6.07) is 4.31. The van der Waals surface area contributed by atoms with E-state index in [1.807, 2.05) is 22.6 Å². The number of nitro benzene ring substituents is 1. The number of nitrogens with zero attached hydrogens (tertiary/aromatic N) is 2. The molecule has 0 saturated heterocycles. The third-order valence-electron chi connectivity index (χ3n) is 3.24. The number of non-ortho nitro benzene ring substituents is 1. The molecule has 0 saturated carbocycles. The number of amides is 1. The van der Waals surface area contributed by atoms with E-state index in [9.17, 15) is 14.9 Å². The Hall–Kier alpha value is -1.22. The third-order valence-corrected chi connectivity index (χ3v) is 4.18. The highest BCUT2D eigenvalue weighted by Gasteiger charge is 2.15. The molecule has 0 aliphatic heterocycles. The van der Waals surface area contributed by atoms with Crippen molar-refractivity contribution in [2.75, 3.05) is 26.2 Å². The van der Waals surface area contributed by atoms with E-state index in [1.165, 1.54) is 12.1 Å². The summed E-state index contributed by atoms with van der Waals surface area (Å²) in [6.45, 7) is 7.69. The summed E-state index contributed by atoms with van der Waals surface area (Å²) in [4.78, 5) is 24.6. The summed E-state index contributed by atoms with van der Waals surface area (Å²) in [5.74, 6) is -0.261. The average molecular weight is 405 g/mol. The van der Waals surface area contributed by atoms with Gasteiger partial charge in [0.2, 0.25) is 0 Å². The van der Waals surface area contributed by atoms with E-state index in [0.29, 0.717) is 15.7 Å². The summed E-state index contributed by atoms with van der Waals surface area (Å²) in [5, 5.41) is 13.6. The summed E-state index contributed by atoms with van der Waals surface area (Å²) in [6.07, 6.45) is 0.860. The predicted octanol–water partition coefficient (Wildman–Crippen LogP) is 2.66. The molecule has 0 radical (unpaired) electrons. The number of nitrogens with one attached hydrogen (secondary N) is 1. The van der Waals surface area contributed by atoms with Crippen LogP contribution in [0.25, 0.3) is 0 Å². The van der Waals surface area contributed by atoms with Crippen molar-refractivity contribution in [1.29, 1.82) is 0 Å². The van der Waals surface area contributed by atoms with Gasteiger partial charge in [-0.3, -0.25) is 14.9 Å². The molecule has 1 aromatic rings. The number of carbonyl (C=O) groups excluding carboxylic acids is 1. The minimum Gasteiger partial charge on any atom is -0.352 e. The molecule has 1 rings (SSSR count). The van der Waals surface area contributed by atoms with E-state index in [-0.39, 0.29) is 11.6 Å². The highest BCUT2D eigenvalue weighted by atomic mass is 127. The van der Waals surface area contributed by atoms with Gasteiger partial charge in [0.1, 0.15) is 0 Å². The summed E-state index contributed by atoms with van der Waals surface area (Å²) < 4.78 is 0.708. The molecular formula is C14H20IN3O3. The number of benzene rings is 1. The molecule has 6 nitrogen and oxygen atoms in total. The summed E-state index contributed by atoms with van der Waals surface area (Å²) >= 11 is 2.01. The summed E-state index contributed by atoms with van der Waals surface area (Å²) in [5.41, 5.74) is 0.288. The molecule has 7 heteroatoms. The Balaban J connectivity index is 2.56. The van der Waals surface area contributed by atoms with Crippen molar-refractivity contribution >= 4 is 34.2 Å². The van der Waals surface area contributed by atoms with Crippen molar-refractivity contribution in [2.45, 2.75) is 20.3 Å². The maximum Gasteiger partial charge on any atom is 0.270 e. The van der Waals surface area contributed by atoms with Gasteiger partial charge in [-0.25, -0.2) is 0 Å². The molecule has 0 aromatic heterocycles. The van der Waals surface area contributed by atoms with Gasteiger partial charge in [-0.05, 0) is 54.7 Å². The monoisotopic (exact) mass is 405 g/mol. The van der Waals surface area contributed by atoms with Crippen LogP contribution in [0, 0.1) is 13.7 Å². The second-order valence-electron chi connectivity index (χ2n) is 4.56. The molecular weight excluding hydrogens is 385 g/mol. The highest BCUT2D eigenvalue weighted by molar-refractivity contribution is 14.1. The number of hydrogen-bond donors (Lipinski definition) is 1. The second-order valence-corrected chi connectivity index (χ2v) is 5.72. The Labute approximate surface area is 138 Å². The van der Waals surface area contributed by atoms with Crippen molar-refractivity contribution in [1.82, 2.24) is 10.2 Å². The van der Waals surface area contributed by atoms with Gasteiger partial charge in [0, 0.05) is 22.2 Å². The largest absolute Gasteiger partial charge is 0.352 e. The van der Waals surface area contributed by atoms with Crippen LogP contribution in [0.3, 0.4) is 0 Å². The zero-order valence-corrected chi connectivity index (χ0v) is 14.4. The number of nitro groups is 1. The zero-order chi connectivity index (χ0) is 15.8. The lowest BCUT2D eigenvalue weighted by atomic mass is 10.2. The quantitative estimate of drug-likeness (QED) is 0.312. The lowest BCUT2D eigenvalue weighted by molar-refractivity contribution is -0.384. The minimum atomic E-state index is -0.493. The Morgan fingerprint density at radius 2 is 2.05 bits per heavy atom. The standard InChI is InChI=1S/C14H20IN3O3/c1-3-17(4-2)9-5-8-16-14(19)12-10-11(18(20)21)6-7-13(12)15/h6-7,10H,3-5,8-9H2,1-2H3,(H,16,19). The van der Waals surface area contributed by atoms with Crippen molar-refractivity contribution in [3.8, 4) is 0 Å². The van der Waals surface area contributed by atoms with Crippen molar-refractivity contribution in [3.05, 3.63) is 37.4 Å². The Bertz CT molecular complexity index is 504. The van der Waals surface area contributed by atoms with E-state index < -0.39 is 4.92 Å². The molecule has 116 valence electrons. The van der Waals surface area contributed by atoms with E-state index in [0.717, 1.165) is 26.1 Å². The molecule has 0 aliphatic carbocycles. The van der Waals surface area contributed by atoms with Crippen molar-refractivity contribution in [2.24, 2.45) is 0 Å². The molecule has 1 aromatic carbocycles. The van der Waals surface area contributed by atoms with Gasteiger partial charge in [0.05, 0.1) is 10.5 Å². The van der Waals surface area contributed by atoms with Gasteiger partial charge in [0.25, 0.3) is 11.6 Å². The number of halogens is 1. The first-order valence-electron chi connectivity index (χ1n) is 6.94. The SMILES string of the molecule is CCN(CC)CCCNC(=O)c1cc([N+](=O)[O-])ccc1I. The molecule has 1 N–H and O–H groups in total. The number of hydrogen-bond acceptors (Lipinski definition) is 4. The van der Waals surface area contributed by atoms with Crippen LogP contribution in [0.1, 0.15) is 30.6 Å². The van der Waals surface area contributed by atoms with Gasteiger partial charge < -0.3 is 10.2 Å². The summed E-state index contributed by atoms with van der Waals surface area (Å²) in [7, 11) is 0. The Kier molecular flexibility index (Phi) is 7.58. The van der Waals surface area contributed by atoms with E-state index >= 15 is 0 Å². The smallest absolute Gasteiger partial charge is 0.270 e. The predicted molar refractivity (Wildman–Crippen MR) is 90.6 cm³/mol. The second kappa shape index (κ2) is 8.93. The fourth-order valence-corrected chi connectivity index (χ4v) is 2.52. The van der Waals surface area contributed by atoms with Crippen LogP contribution >= 0.6 is 22.6 Å². The molecule has 0 bridgehead atoms. The van der Waals surface area contributed by atoms with Crippen LogP contribution in [0.5, 0.6) is 0 Å². The fourth-order valence-electron chi connectivity index (χ4n) is 1.94. The average Bonchev–Trinajstić information content (AvgIpc) is 2.47. The zero-order valence-electron chi connectivity index (χ0n) is 12.3. The van der Waals surface area contributed by atoms with Gasteiger partial charge in [-0.1, -0.05) is 13.8 Å². The van der Waals surface area contributed by atoms with Gasteiger partial charge >= 0.3 is 0 Å². The van der Waals surface area contributed by atoms with Crippen LogP contribution in [-0.2, 0) is 0 Å². The van der Waals surface area contributed by atoms with Crippen LogP contribution < -0.4 is 5.32 Å². The molecule has 0 spiro atoms. The molecule has 0 aliphatic rings. The lowest BCUT2D eigenvalue weighted by Crippen LogP contribution is -2.30. The number of carbonyl (C=O) groups is 1. The first-order valence-corrected chi connectivity index (χ1v) is 8.02. The van der Waals surface area contributed by atoms with Crippen LogP contribution in [-0.4, -0.2) is 41.9 Å². The Morgan fingerprint density at radius 3 is 2.62 bits per heavy atom. The van der Waals surface area contributed by atoms with Crippen LogP contribution in [0.15, 0.2) is 18.2 Å². The minimum absolute atomic E-state index is 0.0660. The van der Waals surface area contributed by atoms with Crippen LogP contribution in [0.2, 0.25) is 0 Å². The highest BCUT2D eigenvalue weighted by Crippen LogP contribution is 2.19. The normalized spacial score (nSPS) is 10.7. The molecule has 0 unspecified atom stereocenters. The molecule has 0 atom stereocenters. The van der Waals surface area contributed by atoms with E-state index in [1.54, 1.807) is 6.07 Å².